The van der Waals surface area contributed by atoms with Gasteiger partial charge in [-0.05, 0) is 26.4 Å². The predicted octanol–water partition coefficient (Wildman–Crippen LogP) is 1.68. The first-order valence-electron chi connectivity index (χ1n) is 3.61. The molecule has 0 unspecified atom stereocenters. The third kappa shape index (κ3) is 1.99. The van der Waals surface area contributed by atoms with E-state index in [0.717, 1.165) is 0 Å². The Labute approximate surface area is 63.7 Å². The first-order chi connectivity index (χ1) is 5.02. The van der Waals surface area contributed by atoms with Crippen LogP contribution in [0.4, 0.5) is 12.9 Å². The average Bonchev–Trinajstić information content (AvgIpc) is 1.86. The molecule has 0 aromatic carbocycles. The molecule has 64 valence electrons. The molecule has 1 heterocycles. The maximum absolute atomic E-state index is 12.2. The Bertz CT molecular complexity index is 185. The molecule has 1 N–H and O–H groups in total. The van der Waals surface area contributed by atoms with Gasteiger partial charge in [0, 0.05) is 0 Å². The van der Waals surface area contributed by atoms with Gasteiger partial charge in [0.2, 0.25) is 0 Å². The zero-order chi connectivity index (χ0) is 8.48. The smallest absolute Gasteiger partial charge is 0.445 e. The Morgan fingerprint density at radius 1 is 1.36 bits per heavy atom. The van der Waals surface area contributed by atoms with Crippen LogP contribution >= 0.6 is 0 Å². The molecular formula is C6H10BF3N-. The van der Waals surface area contributed by atoms with Crippen LogP contribution in [0.1, 0.15) is 13.3 Å². The quantitative estimate of drug-likeness (QED) is 0.581. The van der Waals surface area contributed by atoms with E-state index in [1.165, 1.54) is 0 Å². The molecule has 0 aromatic heterocycles. The Morgan fingerprint density at radius 2 is 2.00 bits per heavy atom. The average molecular weight is 164 g/mol. The van der Waals surface area contributed by atoms with Gasteiger partial charge in [-0.15, -0.1) is 11.0 Å². The van der Waals surface area contributed by atoms with Crippen molar-refractivity contribution in [3.05, 3.63) is 11.0 Å². The molecule has 1 nitrogen and oxygen atoms in total. The SMILES string of the molecule is CC1=C([B-](F)(F)F)CNCC1. The van der Waals surface area contributed by atoms with Gasteiger partial charge in [0.25, 0.3) is 0 Å². The topological polar surface area (TPSA) is 12.0 Å². The van der Waals surface area contributed by atoms with Crippen LogP contribution in [0, 0.1) is 0 Å². The molecule has 0 fully saturated rings. The first-order valence-corrected chi connectivity index (χ1v) is 3.61. The Kier molecular flexibility index (Phi) is 2.27. The van der Waals surface area contributed by atoms with Crippen LogP contribution in [0.2, 0.25) is 0 Å². The molecule has 1 aliphatic heterocycles. The summed E-state index contributed by atoms with van der Waals surface area (Å²) in [6, 6.07) is 0. The highest BCUT2D eigenvalue weighted by Crippen LogP contribution is 2.25. The lowest BCUT2D eigenvalue weighted by Crippen LogP contribution is -2.34. The third-order valence-corrected chi connectivity index (χ3v) is 1.94. The minimum atomic E-state index is -4.75. The number of hydrogen-bond acceptors (Lipinski definition) is 1. The minimum absolute atomic E-state index is 0.00463. The molecule has 0 atom stereocenters. The highest BCUT2D eigenvalue weighted by molar-refractivity contribution is 6.67. The summed E-state index contributed by atoms with van der Waals surface area (Å²) < 4.78 is 36.5. The Balaban J connectivity index is 2.83. The fraction of sp³-hybridized carbons (Fsp3) is 0.667. The second-order valence-electron chi connectivity index (χ2n) is 2.81. The molecule has 0 aliphatic carbocycles. The summed E-state index contributed by atoms with van der Waals surface area (Å²) in [6.45, 7) is -2.53. The van der Waals surface area contributed by atoms with Crippen molar-refractivity contribution in [1.82, 2.24) is 5.32 Å². The van der Waals surface area contributed by atoms with E-state index in [1.807, 2.05) is 0 Å². The van der Waals surface area contributed by atoms with Gasteiger partial charge in [0.15, 0.2) is 0 Å². The van der Waals surface area contributed by atoms with Crippen molar-refractivity contribution >= 4 is 6.98 Å². The van der Waals surface area contributed by atoms with E-state index in [9.17, 15) is 12.9 Å². The van der Waals surface area contributed by atoms with Crippen molar-refractivity contribution in [2.75, 3.05) is 13.1 Å². The van der Waals surface area contributed by atoms with Crippen LogP contribution in [0.25, 0.3) is 0 Å². The van der Waals surface area contributed by atoms with Crippen LogP contribution in [0.15, 0.2) is 11.0 Å². The monoisotopic (exact) mass is 164 g/mol. The van der Waals surface area contributed by atoms with Gasteiger partial charge in [0.1, 0.15) is 0 Å². The molecule has 0 bridgehead atoms. The fourth-order valence-corrected chi connectivity index (χ4v) is 1.21. The molecule has 1 rings (SSSR count). The van der Waals surface area contributed by atoms with Crippen LogP contribution in [0.3, 0.4) is 0 Å². The van der Waals surface area contributed by atoms with E-state index in [1.54, 1.807) is 6.92 Å². The third-order valence-electron chi connectivity index (χ3n) is 1.94. The van der Waals surface area contributed by atoms with Gasteiger partial charge < -0.3 is 18.3 Å². The van der Waals surface area contributed by atoms with E-state index in [4.69, 9.17) is 0 Å². The van der Waals surface area contributed by atoms with Crippen LogP contribution in [-0.4, -0.2) is 20.1 Å². The Hall–Kier alpha value is -0.445. The van der Waals surface area contributed by atoms with E-state index >= 15 is 0 Å². The first kappa shape index (κ1) is 8.65. The molecule has 1 aliphatic rings. The van der Waals surface area contributed by atoms with Crippen molar-refractivity contribution in [2.24, 2.45) is 0 Å². The summed E-state index contributed by atoms with van der Waals surface area (Å²) in [6.07, 6.45) is 0.524. The van der Waals surface area contributed by atoms with E-state index in [-0.39, 0.29) is 12.0 Å². The minimum Gasteiger partial charge on any atom is -0.445 e. The summed E-state index contributed by atoms with van der Waals surface area (Å²) in [5.41, 5.74) is 0.160. The highest BCUT2D eigenvalue weighted by Gasteiger charge is 2.30. The van der Waals surface area contributed by atoms with Crippen molar-refractivity contribution in [3.63, 3.8) is 0 Å². The second kappa shape index (κ2) is 2.89. The summed E-state index contributed by atoms with van der Waals surface area (Å²) in [7, 11) is 0. The molecule has 0 aromatic rings. The summed E-state index contributed by atoms with van der Waals surface area (Å²) >= 11 is 0. The predicted molar refractivity (Wildman–Crippen MR) is 39.3 cm³/mol. The lowest BCUT2D eigenvalue weighted by molar-refractivity contribution is 0.478. The molecule has 0 saturated heterocycles. The molecule has 0 radical (unpaired) electrons. The number of hydrogen-bond donors (Lipinski definition) is 1. The standard InChI is InChI=1S/C6H10BF3N/c1-5-2-3-11-4-6(5)7(8,9)10/h11H,2-4H2,1H3/q-1. The zero-order valence-electron chi connectivity index (χ0n) is 6.33. The van der Waals surface area contributed by atoms with Gasteiger partial charge >= 0.3 is 6.98 Å². The molecule has 0 amide bonds. The normalized spacial score (nSPS) is 20.7. The maximum atomic E-state index is 12.2. The van der Waals surface area contributed by atoms with Gasteiger partial charge in [-0.25, -0.2) is 0 Å². The number of nitrogens with one attached hydrogen (secondary N) is 1. The summed E-state index contributed by atoms with van der Waals surface area (Å²) in [4.78, 5) is 0. The van der Waals surface area contributed by atoms with Crippen LogP contribution in [0.5, 0.6) is 0 Å². The fourth-order valence-electron chi connectivity index (χ4n) is 1.21. The second-order valence-corrected chi connectivity index (χ2v) is 2.81. The molecular weight excluding hydrogens is 154 g/mol. The maximum Gasteiger partial charge on any atom is 0.506 e. The van der Waals surface area contributed by atoms with Crippen molar-refractivity contribution in [2.45, 2.75) is 13.3 Å². The molecule has 5 heteroatoms. The highest BCUT2D eigenvalue weighted by atomic mass is 19.4. The van der Waals surface area contributed by atoms with Gasteiger partial charge in [-0.1, -0.05) is 0 Å². The van der Waals surface area contributed by atoms with E-state index in [2.05, 4.69) is 5.32 Å². The van der Waals surface area contributed by atoms with Crippen molar-refractivity contribution in [3.8, 4) is 0 Å². The zero-order valence-corrected chi connectivity index (χ0v) is 6.33. The van der Waals surface area contributed by atoms with E-state index < -0.39 is 6.98 Å². The van der Waals surface area contributed by atoms with Crippen molar-refractivity contribution in [1.29, 1.82) is 0 Å². The van der Waals surface area contributed by atoms with Gasteiger partial charge in [-0.3, -0.25) is 0 Å². The summed E-state index contributed by atoms with van der Waals surface area (Å²) in [5.74, 6) is 0. The lowest BCUT2D eigenvalue weighted by atomic mass is 9.74. The Morgan fingerprint density at radius 3 is 2.36 bits per heavy atom. The molecule has 11 heavy (non-hydrogen) atoms. The summed E-state index contributed by atoms with van der Waals surface area (Å²) in [5, 5.41) is 2.71. The molecule has 0 spiro atoms. The number of halogens is 3. The molecule has 0 saturated carbocycles. The van der Waals surface area contributed by atoms with Crippen molar-refractivity contribution < 1.29 is 12.9 Å². The largest absolute Gasteiger partial charge is 0.506 e. The van der Waals surface area contributed by atoms with Gasteiger partial charge in [0.05, 0.1) is 0 Å². The number of rotatable bonds is 1. The van der Waals surface area contributed by atoms with Gasteiger partial charge in [-0.2, -0.15) is 0 Å². The van der Waals surface area contributed by atoms with E-state index in [0.29, 0.717) is 18.5 Å². The van der Waals surface area contributed by atoms with Crippen LogP contribution < -0.4 is 5.32 Å². The van der Waals surface area contributed by atoms with Crippen LogP contribution in [-0.2, 0) is 0 Å². The lowest BCUT2D eigenvalue weighted by Gasteiger charge is -2.27.